The van der Waals surface area contributed by atoms with Crippen LogP contribution in [0.3, 0.4) is 0 Å². The van der Waals surface area contributed by atoms with Gasteiger partial charge in [0.15, 0.2) is 0 Å². The topological polar surface area (TPSA) is 73.6 Å². The quantitative estimate of drug-likeness (QED) is 0.542. The van der Waals surface area contributed by atoms with Gasteiger partial charge in [-0.15, -0.1) is 0 Å². The molecular weight excluding hydrogens is 208 g/mol. The molecule has 1 amide bonds. The summed E-state index contributed by atoms with van der Waals surface area (Å²) in [5.41, 5.74) is 5.58. The average Bonchev–Trinajstić information content (AvgIpc) is 3.09. The number of ether oxygens (including phenoxy) is 2. The first kappa shape index (κ1) is 13.4. The SMILES string of the molecule is CCOCCOCC(=O)NC(CN)C1CC1. The van der Waals surface area contributed by atoms with Crippen LogP contribution in [-0.2, 0) is 14.3 Å². The number of nitrogens with one attached hydrogen (secondary N) is 1. The Bertz CT molecular complexity index is 207. The predicted octanol–water partition coefficient (Wildman–Crippen LogP) is -0.107. The molecule has 0 saturated heterocycles. The lowest BCUT2D eigenvalue weighted by atomic mass is 10.2. The molecule has 5 nitrogen and oxygen atoms in total. The maximum absolute atomic E-state index is 11.4. The highest BCUT2D eigenvalue weighted by molar-refractivity contribution is 5.77. The number of hydrogen-bond acceptors (Lipinski definition) is 4. The first-order valence-corrected chi connectivity index (χ1v) is 5.92. The monoisotopic (exact) mass is 230 g/mol. The molecule has 5 heteroatoms. The molecule has 0 heterocycles. The van der Waals surface area contributed by atoms with Gasteiger partial charge in [-0.1, -0.05) is 0 Å². The molecule has 0 spiro atoms. The number of carbonyl (C=O) groups excluding carboxylic acids is 1. The summed E-state index contributed by atoms with van der Waals surface area (Å²) in [6.45, 7) is 4.19. The lowest BCUT2D eigenvalue weighted by Gasteiger charge is -2.15. The van der Waals surface area contributed by atoms with Crippen molar-refractivity contribution in [2.75, 3.05) is 33.0 Å². The summed E-state index contributed by atoms with van der Waals surface area (Å²) in [5, 5.41) is 2.89. The Morgan fingerprint density at radius 3 is 2.69 bits per heavy atom. The molecule has 1 aliphatic rings. The molecule has 0 aliphatic heterocycles. The highest BCUT2D eigenvalue weighted by Crippen LogP contribution is 2.32. The lowest BCUT2D eigenvalue weighted by molar-refractivity contribution is -0.127. The van der Waals surface area contributed by atoms with Gasteiger partial charge in [-0.3, -0.25) is 4.79 Å². The summed E-state index contributed by atoms with van der Waals surface area (Å²) in [5.74, 6) is 0.497. The van der Waals surface area contributed by atoms with Crippen LogP contribution in [0.25, 0.3) is 0 Å². The maximum atomic E-state index is 11.4. The zero-order valence-electron chi connectivity index (χ0n) is 9.91. The number of amides is 1. The molecule has 0 aromatic carbocycles. The number of carbonyl (C=O) groups is 1. The second-order valence-corrected chi connectivity index (χ2v) is 4.00. The fourth-order valence-corrected chi connectivity index (χ4v) is 1.54. The standard InChI is InChI=1S/C11H22N2O3/c1-2-15-5-6-16-8-11(14)13-10(7-12)9-3-4-9/h9-10H,2-8,12H2,1H3,(H,13,14). The molecule has 0 radical (unpaired) electrons. The minimum absolute atomic E-state index is 0.0844. The van der Waals surface area contributed by atoms with Crippen molar-refractivity contribution in [2.24, 2.45) is 11.7 Å². The predicted molar refractivity (Wildman–Crippen MR) is 61.0 cm³/mol. The normalized spacial score (nSPS) is 17.1. The molecule has 0 bridgehead atoms. The molecule has 3 N–H and O–H groups in total. The van der Waals surface area contributed by atoms with Crippen molar-refractivity contribution in [1.29, 1.82) is 0 Å². The van der Waals surface area contributed by atoms with E-state index in [9.17, 15) is 4.79 Å². The van der Waals surface area contributed by atoms with Crippen LogP contribution in [0.5, 0.6) is 0 Å². The van der Waals surface area contributed by atoms with Crippen LogP contribution in [-0.4, -0.2) is 44.9 Å². The van der Waals surface area contributed by atoms with Crippen molar-refractivity contribution < 1.29 is 14.3 Å². The van der Waals surface area contributed by atoms with Gasteiger partial charge in [0.25, 0.3) is 0 Å². The zero-order valence-corrected chi connectivity index (χ0v) is 9.91. The molecule has 1 unspecified atom stereocenters. The Morgan fingerprint density at radius 1 is 1.44 bits per heavy atom. The van der Waals surface area contributed by atoms with Gasteiger partial charge in [0, 0.05) is 19.2 Å². The highest BCUT2D eigenvalue weighted by Gasteiger charge is 2.31. The van der Waals surface area contributed by atoms with Crippen LogP contribution < -0.4 is 11.1 Å². The molecule has 1 atom stereocenters. The van der Waals surface area contributed by atoms with Gasteiger partial charge in [0.1, 0.15) is 6.61 Å². The van der Waals surface area contributed by atoms with E-state index in [0.717, 1.165) is 0 Å². The third-order valence-corrected chi connectivity index (χ3v) is 2.60. The summed E-state index contributed by atoms with van der Waals surface area (Å²) < 4.78 is 10.3. The second-order valence-electron chi connectivity index (χ2n) is 4.00. The summed E-state index contributed by atoms with van der Waals surface area (Å²) in [4.78, 5) is 11.4. The molecule has 0 aromatic heterocycles. The third-order valence-electron chi connectivity index (χ3n) is 2.60. The van der Waals surface area contributed by atoms with Gasteiger partial charge >= 0.3 is 0 Å². The molecule has 1 aliphatic carbocycles. The van der Waals surface area contributed by atoms with Gasteiger partial charge in [-0.25, -0.2) is 0 Å². The summed E-state index contributed by atoms with van der Waals surface area (Å²) in [7, 11) is 0. The van der Waals surface area contributed by atoms with E-state index in [-0.39, 0.29) is 18.6 Å². The van der Waals surface area contributed by atoms with E-state index < -0.39 is 0 Å². The first-order chi connectivity index (χ1) is 7.77. The number of hydrogen-bond donors (Lipinski definition) is 2. The smallest absolute Gasteiger partial charge is 0.246 e. The first-order valence-electron chi connectivity index (χ1n) is 5.92. The summed E-state index contributed by atoms with van der Waals surface area (Å²) in [6.07, 6.45) is 2.35. The van der Waals surface area contributed by atoms with E-state index in [1.165, 1.54) is 12.8 Å². The van der Waals surface area contributed by atoms with Crippen molar-refractivity contribution in [3.05, 3.63) is 0 Å². The van der Waals surface area contributed by atoms with E-state index in [4.69, 9.17) is 15.2 Å². The molecular formula is C11H22N2O3. The van der Waals surface area contributed by atoms with Gasteiger partial charge < -0.3 is 20.5 Å². The average molecular weight is 230 g/mol. The van der Waals surface area contributed by atoms with E-state index >= 15 is 0 Å². The minimum atomic E-state index is -0.0844. The third kappa shape index (κ3) is 5.44. The van der Waals surface area contributed by atoms with Crippen molar-refractivity contribution >= 4 is 5.91 Å². The van der Waals surface area contributed by atoms with Gasteiger partial charge in [-0.2, -0.15) is 0 Å². The van der Waals surface area contributed by atoms with Gasteiger partial charge in [0.2, 0.25) is 5.91 Å². The highest BCUT2D eigenvalue weighted by atomic mass is 16.5. The van der Waals surface area contributed by atoms with Crippen molar-refractivity contribution in [1.82, 2.24) is 5.32 Å². The zero-order chi connectivity index (χ0) is 11.8. The molecule has 0 aromatic rings. The largest absolute Gasteiger partial charge is 0.379 e. The van der Waals surface area contributed by atoms with Crippen LogP contribution in [0.15, 0.2) is 0 Å². The molecule has 1 rings (SSSR count). The molecule has 94 valence electrons. The van der Waals surface area contributed by atoms with Crippen LogP contribution >= 0.6 is 0 Å². The van der Waals surface area contributed by atoms with Crippen LogP contribution in [0.4, 0.5) is 0 Å². The maximum Gasteiger partial charge on any atom is 0.246 e. The Hall–Kier alpha value is -0.650. The Labute approximate surface area is 96.7 Å². The van der Waals surface area contributed by atoms with E-state index in [0.29, 0.717) is 32.3 Å². The Morgan fingerprint density at radius 2 is 2.12 bits per heavy atom. The van der Waals surface area contributed by atoms with Crippen LogP contribution in [0.2, 0.25) is 0 Å². The summed E-state index contributed by atoms with van der Waals surface area (Å²) in [6, 6.07) is 0.128. The van der Waals surface area contributed by atoms with E-state index in [1.54, 1.807) is 0 Å². The van der Waals surface area contributed by atoms with Crippen LogP contribution in [0.1, 0.15) is 19.8 Å². The minimum Gasteiger partial charge on any atom is -0.379 e. The summed E-state index contributed by atoms with van der Waals surface area (Å²) >= 11 is 0. The van der Waals surface area contributed by atoms with Crippen molar-refractivity contribution in [3.8, 4) is 0 Å². The van der Waals surface area contributed by atoms with Gasteiger partial charge in [-0.05, 0) is 25.7 Å². The lowest BCUT2D eigenvalue weighted by Crippen LogP contribution is -2.43. The Balaban J connectivity index is 2.01. The van der Waals surface area contributed by atoms with Crippen LogP contribution in [0, 0.1) is 5.92 Å². The fraction of sp³-hybridized carbons (Fsp3) is 0.909. The second kappa shape index (κ2) is 7.60. The van der Waals surface area contributed by atoms with E-state index in [2.05, 4.69) is 5.32 Å². The van der Waals surface area contributed by atoms with Crippen molar-refractivity contribution in [3.63, 3.8) is 0 Å². The number of nitrogens with two attached hydrogens (primary N) is 1. The van der Waals surface area contributed by atoms with Crippen molar-refractivity contribution in [2.45, 2.75) is 25.8 Å². The molecule has 1 saturated carbocycles. The fourth-order valence-electron chi connectivity index (χ4n) is 1.54. The molecule has 16 heavy (non-hydrogen) atoms. The van der Waals surface area contributed by atoms with Gasteiger partial charge in [0.05, 0.1) is 13.2 Å². The Kier molecular flexibility index (Phi) is 6.37. The van der Waals surface area contributed by atoms with E-state index in [1.807, 2.05) is 6.92 Å². The molecule has 1 fully saturated rings. The number of rotatable bonds is 9.